The Labute approximate surface area is 112 Å². The van der Waals surface area contributed by atoms with E-state index in [4.69, 9.17) is 0 Å². The Kier molecular flexibility index (Phi) is 5.00. The van der Waals surface area contributed by atoms with Crippen molar-refractivity contribution in [3.05, 3.63) is 18.2 Å². The maximum atomic E-state index is 4.25. The summed E-state index contributed by atoms with van der Waals surface area (Å²) < 4.78 is 2.23. The normalized spacial score (nSPS) is 18.7. The third kappa shape index (κ3) is 3.79. The fraction of sp³-hybridized carbons (Fsp3) is 0.750. The zero-order chi connectivity index (χ0) is 12.1. The molecule has 0 saturated carbocycles. The van der Waals surface area contributed by atoms with Crippen LogP contribution >= 0.6 is 15.9 Å². The zero-order valence-corrected chi connectivity index (χ0v) is 12.1. The minimum Gasteiger partial charge on any atom is -0.334 e. The molecule has 96 valence electrons. The van der Waals surface area contributed by atoms with Crippen LogP contribution in [0.1, 0.15) is 5.82 Å². The second-order valence-electron chi connectivity index (χ2n) is 4.54. The predicted octanol–water partition coefficient (Wildman–Crippen LogP) is 1.20. The fourth-order valence-corrected chi connectivity index (χ4v) is 2.75. The van der Waals surface area contributed by atoms with Crippen molar-refractivity contribution in [3.63, 3.8) is 0 Å². The van der Waals surface area contributed by atoms with E-state index < -0.39 is 0 Å². The van der Waals surface area contributed by atoms with Crippen LogP contribution in [0.25, 0.3) is 0 Å². The standard InChI is InChI=1S/C12H21BrN4/c1-12-14-3-5-17(12)11-10-16-8-6-15(4-2-13)7-9-16/h3,5H,2,4,6-11H2,1H3. The Hall–Kier alpha value is -0.390. The van der Waals surface area contributed by atoms with Gasteiger partial charge in [0.05, 0.1) is 0 Å². The summed E-state index contributed by atoms with van der Waals surface area (Å²) in [6.45, 7) is 10.2. The van der Waals surface area contributed by atoms with E-state index in [9.17, 15) is 0 Å². The number of aromatic nitrogens is 2. The van der Waals surface area contributed by atoms with Crippen LogP contribution in [-0.2, 0) is 6.54 Å². The lowest BCUT2D eigenvalue weighted by Crippen LogP contribution is -2.47. The van der Waals surface area contributed by atoms with Crippen LogP contribution in [0.3, 0.4) is 0 Å². The van der Waals surface area contributed by atoms with Crippen LogP contribution in [0.5, 0.6) is 0 Å². The van der Waals surface area contributed by atoms with Crippen LogP contribution in [0.4, 0.5) is 0 Å². The van der Waals surface area contributed by atoms with Crippen molar-refractivity contribution in [2.75, 3.05) is 44.6 Å². The van der Waals surface area contributed by atoms with Crippen LogP contribution in [-0.4, -0.2) is 63.9 Å². The van der Waals surface area contributed by atoms with E-state index in [0.29, 0.717) is 0 Å². The molecule has 0 radical (unpaired) electrons. The van der Waals surface area contributed by atoms with Gasteiger partial charge in [-0.2, -0.15) is 0 Å². The van der Waals surface area contributed by atoms with Gasteiger partial charge < -0.3 is 4.57 Å². The molecule has 0 amide bonds. The number of hydrogen-bond acceptors (Lipinski definition) is 3. The second-order valence-corrected chi connectivity index (χ2v) is 5.33. The van der Waals surface area contributed by atoms with Gasteiger partial charge in [0.25, 0.3) is 0 Å². The van der Waals surface area contributed by atoms with Crippen molar-refractivity contribution in [1.29, 1.82) is 0 Å². The molecule has 1 saturated heterocycles. The van der Waals surface area contributed by atoms with Gasteiger partial charge in [-0.3, -0.25) is 9.80 Å². The first-order valence-electron chi connectivity index (χ1n) is 6.28. The molecule has 0 spiro atoms. The number of alkyl halides is 1. The number of hydrogen-bond donors (Lipinski definition) is 0. The van der Waals surface area contributed by atoms with E-state index in [1.54, 1.807) is 0 Å². The lowest BCUT2D eigenvalue weighted by Gasteiger charge is -2.34. The van der Waals surface area contributed by atoms with Crippen molar-refractivity contribution < 1.29 is 0 Å². The average Bonchev–Trinajstić information content (AvgIpc) is 2.75. The van der Waals surface area contributed by atoms with E-state index in [-0.39, 0.29) is 0 Å². The average molecular weight is 301 g/mol. The molecule has 0 N–H and O–H groups in total. The van der Waals surface area contributed by atoms with Gasteiger partial charge >= 0.3 is 0 Å². The van der Waals surface area contributed by atoms with Gasteiger partial charge in [0.1, 0.15) is 5.82 Å². The quantitative estimate of drug-likeness (QED) is 0.764. The molecule has 2 heterocycles. The molecule has 0 bridgehead atoms. The van der Waals surface area contributed by atoms with E-state index in [1.807, 2.05) is 6.20 Å². The first-order valence-corrected chi connectivity index (χ1v) is 7.40. The molecule has 2 rings (SSSR count). The first kappa shape index (κ1) is 13.1. The Morgan fingerprint density at radius 1 is 1.12 bits per heavy atom. The molecule has 0 aliphatic carbocycles. The smallest absolute Gasteiger partial charge is 0.105 e. The maximum Gasteiger partial charge on any atom is 0.105 e. The summed E-state index contributed by atoms with van der Waals surface area (Å²) in [5, 5.41) is 1.08. The third-order valence-corrected chi connectivity index (χ3v) is 3.80. The number of aryl methyl sites for hydroxylation is 1. The summed E-state index contributed by atoms with van der Waals surface area (Å²) in [4.78, 5) is 9.32. The molecule has 0 unspecified atom stereocenters. The topological polar surface area (TPSA) is 24.3 Å². The molecule has 0 aromatic carbocycles. The molecule has 1 aliphatic rings. The van der Waals surface area contributed by atoms with E-state index >= 15 is 0 Å². The number of nitrogens with zero attached hydrogens (tertiary/aromatic N) is 4. The summed E-state index contributed by atoms with van der Waals surface area (Å²) in [5.74, 6) is 1.11. The van der Waals surface area contributed by atoms with Crippen LogP contribution < -0.4 is 0 Å². The minimum absolute atomic E-state index is 1.06. The monoisotopic (exact) mass is 300 g/mol. The number of piperazine rings is 1. The van der Waals surface area contributed by atoms with E-state index in [2.05, 4.69) is 48.4 Å². The summed E-state index contributed by atoms with van der Waals surface area (Å²) in [6, 6.07) is 0. The Bertz CT molecular complexity index is 331. The highest BCUT2D eigenvalue weighted by molar-refractivity contribution is 9.09. The molecule has 1 fully saturated rings. The van der Waals surface area contributed by atoms with Crippen molar-refractivity contribution in [2.45, 2.75) is 13.5 Å². The van der Waals surface area contributed by atoms with Crippen molar-refractivity contribution >= 4 is 15.9 Å². The predicted molar refractivity (Wildman–Crippen MR) is 73.6 cm³/mol. The summed E-state index contributed by atoms with van der Waals surface area (Å²) >= 11 is 3.50. The number of imidazole rings is 1. The van der Waals surface area contributed by atoms with Crippen molar-refractivity contribution in [3.8, 4) is 0 Å². The minimum atomic E-state index is 1.06. The Morgan fingerprint density at radius 2 is 1.76 bits per heavy atom. The van der Waals surface area contributed by atoms with Crippen LogP contribution in [0.2, 0.25) is 0 Å². The maximum absolute atomic E-state index is 4.25. The highest BCUT2D eigenvalue weighted by atomic mass is 79.9. The molecular weight excluding hydrogens is 280 g/mol. The van der Waals surface area contributed by atoms with Gasteiger partial charge in [-0.25, -0.2) is 4.98 Å². The molecule has 4 nitrogen and oxygen atoms in total. The highest BCUT2D eigenvalue weighted by Gasteiger charge is 2.15. The van der Waals surface area contributed by atoms with Crippen LogP contribution in [0, 0.1) is 6.92 Å². The van der Waals surface area contributed by atoms with Gasteiger partial charge in [0.2, 0.25) is 0 Å². The lowest BCUT2D eigenvalue weighted by atomic mass is 10.3. The van der Waals surface area contributed by atoms with Crippen LogP contribution in [0.15, 0.2) is 12.4 Å². The second kappa shape index (κ2) is 6.52. The van der Waals surface area contributed by atoms with Gasteiger partial charge in [0.15, 0.2) is 0 Å². The van der Waals surface area contributed by atoms with Crippen molar-refractivity contribution in [2.24, 2.45) is 0 Å². The van der Waals surface area contributed by atoms with E-state index in [0.717, 1.165) is 24.2 Å². The zero-order valence-electron chi connectivity index (χ0n) is 10.5. The molecule has 17 heavy (non-hydrogen) atoms. The van der Waals surface area contributed by atoms with Crippen molar-refractivity contribution in [1.82, 2.24) is 19.4 Å². The molecule has 0 atom stereocenters. The fourth-order valence-electron chi connectivity index (χ4n) is 2.25. The molecule has 1 aromatic heterocycles. The van der Waals surface area contributed by atoms with Gasteiger partial charge in [-0.1, -0.05) is 15.9 Å². The lowest BCUT2D eigenvalue weighted by molar-refractivity contribution is 0.135. The summed E-state index contributed by atoms with van der Waals surface area (Å²) in [7, 11) is 0. The SMILES string of the molecule is Cc1nccn1CCN1CCN(CCBr)CC1. The van der Waals surface area contributed by atoms with Gasteiger partial charge in [0, 0.05) is 63.5 Å². The Balaban J connectivity index is 1.70. The summed E-state index contributed by atoms with van der Waals surface area (Å²) in [6.07, 6.45) is 3.94. The third-order valence-electron chi connectivity index (χ3n) is 3.45. The van der Waals surface area contributed by atoms with Gasteiger partial charge in [-0.15, -0.1) is 0 Å². The molecule has 5 heteroatoms. The number of rotatable bonds is 5. The molecule has 1 aromatic rings. The molecular formula is C12H21BrN4. The van der Waals surface area contributed by atoms with Gasteiger partial charge in [-0.05, 0) is 6.92 Å². The molecule has 1 aliphatic heterocycles. The highest BCUT2D eigenvalue weighted by Crippen LogP contribution is 2.03. The number of halogens is 1. The largest absolute Gasteiger partial charge is 0.334 e. The summed E-state index contributed by atoms with van der Waals surface area (Å²) in [5.41, 5.74) is 0. The Morgan fingerprint density at radius 3 is 2.29 bits per heavy atom. The van der Waals surface area contributed by atoms with E-state index in [1.165, 1.54) is 32.7 Å². The first-order chi connectivity index (χ1) is 8.29.